The number of amides is 1. The fraction of sp³-hybridized carbons (Fsp3) is 0.364. The van der Waals surface area contributed by atoms with Gasteiger partial charge in [-0.25, -0.2) is 8.78 Å². The summed E-state index contributed by atoms with van der Waals surface area (Å²) in [7, 11) is 0. The molecule has 2 unspecified atom stereocenters. The van der Waals surface area contributed by atoms with Crippen LogP contribution in [0.2, 0.25) is 0 Å². The maximum Gasteiger partial charge on any atom is 0.220 e. The first-order valence-corrected chi connectivity index (χ1v) is 5.08. The summed E-state index contributed by atoms with van der Waals surface area (Å²) in [5.74, 6) is -1.48. The lowest BCUT2D eigenvalue weighted by Crippen LogP contribution is -2.46. The molecule has 1 saturated heterocycles. The average molecular weight is 226 g/mol. The molecule has 0 aliphatic carbocycles. The van der Waals surface area contributed by atoms with Gasteiger partial charge < -0.3 is 11.1 Å². The molecular formula is C11H12F2N2O. The number of rotatable bonds is 1. The second kappa shape index (κ2) is 4.17. The van der Waals surface area contributed by atoms with Crippen LogP contribution in [0, 0.1) is 11.6 Å². The van der Waals surface area contributed by atoms with Gasteiger partial charge in [-0.05, 0) is 12.5 Å². The summed E-state index contributed by atoms with van der Waals surface area (Å²) in [5.41, 5.74) is 6.04. The van der Waals surface area contributed by atoms with Gasteiger partial charge in [0.2, 0.25) is 5.91 Å². The number of halogens is 2. The molecule has 1 aliphatic heterocycles. The maximum atomic E-state index is 13.5. The molecule has 1 aromatic rings. The van der Waals surface area contributed by atoms with Crippen molar-refractivity contribution in [2.24, 2.45) is 5.73 Å². The molecule has 3 N–H and O–H groups in total. The molecule has 0 aromatic heterocycles. The highest BCUT2D eigenvalue weighted by Crippen LogP contribution is 2.25. The Bertz CT molecular complexity index is 422. The fourth-order valence-electron chi connectivity index (χ4n) is 1.88. The van der Waals surface area contributed by atoms with Crippen LogP contribution < -0.4 is 11.1 Å². The largest absolute Gasteiger partial charge is 0.348 e. The first-order valence-electron chi connectivity index (χ1n) is 5.08. The number of piperidine rings is 1. The highest BCUT2D eigenvalue weighted by Gasteiger charge is 2.29. The highest BCUT2D eigenvalue weighted by molar-refractivity contribution is 5.77. The van der Waals surface area contributed by atoms with Crippen molar-refractivity contribution in [1.29, 1.82) is 0 Å². The van der Waals surface area contributed by atoms with E-state index in [1.165, 1.54) is 6.07 Å². The topological polar surface area (TPSA) is 55.1 Å². The lowest BCUT2D eigenvalue weighted by atomic mass is 9.92. The van der Waals surface area contributed by atoms with E-state index in [0.717, 1.165) is 12.1 Å². The average Bonchev–Trinajstić information content (AvgIpc) is 2.22. The fourth-order valence-corrected chi connectivity index (χ4v) is 1.88. The molecule has 2 atom stereocenters. The Labute approximate surface area is 91.6 Å². The van der Waals surface area contributed by atoms with E-state index in [9.17, 15) is 13.6 Å². The Morgan fingerprint density at radius 2 is 2.12 bits per heavy atom. The van der Waals surface area contributed by atoms with Crippen molar-refractivity contribution >= 4 is 5.91 Å². The van der Waals surface area contributed by atoms with Crippen LogP contribution in [0.25, 0.3) is 0 Å². The van der Waals surface area contributed by atoms with Gasteiger partial charge in [0.15, 0.2) is 0 Å². The zero-order chi connectivity index (χ0) is 11.7. The first-order chi connectivity index (χ1) is 7.58. The Morgan fingerprint density at radius 1 is 1.38 bits per heavy atom. The summed E-state index contributed by atoms with van der Waals surface area (Å²) in [6, 6.07) is 2.37. The number of hydrogen-bond acceptors (Lipinski definition) is 2. The Balaban J connectivity index is 2.31. The van der Waals surface area contributed by atoms with Crippen LogP contribution in [0.1, 0.15) is 24.4 Å². The van der Waals surface area contributed by atoms with E-state index in [1.54, 1.807) is 0 Å². The zero-order valence-corrected chi connectivity index (χ0v) is 8.54. The van der Waals surface area contributed by atoms with Crippen LogP contribution in [-0.2, 0) is 4.79 Å². The molecule has 1 fully saturated rings. The smallest absolute Gasteiger partial charge is 0.220 e. The number of nitrogens with one attached hydrogen (secondary N) is 1. The third-order valence-corrected chi connectivity index (χ3v) is 2.75. The van der Waals surface area contributed by atoms with E-state index in [4.69, 9.17) is 5.73 Å². The maximum absolute atomic E-state index is 13.5. The first kappa shape index (κ1) is 11.0. The molecule has 2 rings (SSSR count). The van der Waals surface area contributed by atoms with Gasteiger partial charge in [0.05, 0.1) is 6.04 Å². The molecule has 0 radical (unpaired) electrons. The molecule has 1 heterocycles. The summed E-state index contributed by atoms with van der Waals surface area (Å²) in [5, 5.41) is 2.62. The summed E-state index contributed by atoms with van der Waals surface area (Å²) >= 11 is 0. The van der Waals surface area contributed by atoms with E-state index in [2.05, 4.69) is 5.32 Å². The van der Waals surface area contributed by atoms with Gasteiger partial charge in [-0.2, -0.15) is 0 Å². The number of carbonyl (C=O) groups excluding carboxylic acids is 1. The number of carbonyl (C=O) groups is 1. The third-order valence-electron chi connectivity index (χ3n) is 2.75. The van der Waals surface area contributed by atoms with Crippen molar-refractivity contribution in [2.45, 2.75) is 24.9 Å². The lowest BCUT2D eigenvalue weighted by molar-refractivity contribution is -0.123. The number of benzene rings is 1. The minimum Gasteiger partial charge on any atom is -0.348 e. The molecular weight excluding hydrogens is 214 g/mol. The minimum atomic E-state index is -0.678. The van der Waals surface area contributed by atoms with Crippen molar-refractivity contribution in [3.05, 3.63) is 35.4 Å². The summed E-state index contributed by atoms with van der Waals surface area (Å²) in [4.78, 5) is 11.2. The monoisotopic (exact) mass is 226 g/mol. The molecule has 1 aromatic carbocycles. The van der Waals surface area contributed by atoms with Gasteiger partial charge in [-0.15, -0.1) is 0 Å². The van der Waals surface area contributed by atoms with E-state index in [1.807, 2.05) is 0 Å². The van der Waals surface area contributed by atoms with Crippen LogP contribution in [0.15, 0.2) is 18.2 Å². The normalized spacial score (nSPS) is 25.3. The second-order valence-corrected chi connectivity index (χ2v) is 3.91. The summed E-state index contributed by atoms with van der Waals surface area (Å²) in [6.07, 6.45) is 0.855. The minimum absolute atomic E-state index is 0.157. The predicted octanol–water partition coefficient (Wildman–Crippen LogP) is 1.24. The van der Waals surface area contributed by atoms with Crippen molar-refractivity contribution < 1.29 is 13.6 Å². The number of hydrogen-bond donors (Lipinski definition) is 2. The van der Waals surface area contributed by atoms with E-state index >= 15 is 0 Å². The molecule has 0 saturated carbocycles. The Morgan fingerprint density at radius 3 is 2.81 bits per heavy atom. The molecule has 0 bridgehead atoms. The third kappa shape index (κ3) is 2.04. The van der Waals surface area contributed by atoms with Crippen LogP contribution in [-0.4, -0.2) is 11.9 Å². The van der Waals surface area contributed by atoms with Crippen molar-refractivity contribution in [1.82, 2.24) is 5.32 Å². The molecule has 86 valence electrons. The SMILES string of the molecule is NC1CCC(=O)NC1c1ccc(F)cc1F. The summed E-state index contributed by atoms with van der Waals surface area (Å²) in [6.45, 7) is 0. The summed E-state index contributed by atoms with van der Waals surface area (Å²) < 4.78 is 26.2. The molecule has 1 amide bonds. The van der Waals surface area contributed by atoms with Gasteiger partial charge in [-0.3, -0.25) is 4.79 Å². The van der Waals surface area contributed by atoms with Crippen LogP contribution in [0.3, 0.4) is 0 Å². The second-order valence-electron chi connectivity index (χ2n) is 3.91. The quantitative estimate of drug-likeness (QED) is 0.757. The van der Waals surface area contributed by atoms with E-state index in [-0.39, 0.29) is 17.5 Å². The van der Waals surface area contributed by atoms with Gasteiger partial charge in [-0.1, -0.05) is 6.07 Å². The molecule has 1 aliphatic rings. The Hall–Kier alpha value is -1.49. The van der Waals surface area contributed by atoms with Crippen LogP contribution >= 0.6 is 0 Å². The predicted molar refractivity (Wildman–Crippen MR) is 54.5 cm³/mol. The van der Waals surface area contributed by atoms with Gasteiger partial charge in [0, 0.05) is 24.1 Å². The molecule has 16 heavy (non-hydrogen) atoms. The van der Waals surface area contributed by atoms with Crippen molar-refractivity contribution in [2.75, 3.05) is 0 Å². The van der Waals surface area contributed by atoms with Crippen LogP contribution in [0.5, 0.6) is 0 Å². The van der Waals surface area contributed by atoms with Gasteiger partial charge >= 0.3 is 0 Å². The van der Waals surface area contributed by atoms with Gasteiger partial charge in [0.25, 0.3) is 0 Å². The van der Waals surface area contributed by atoms with E-state index in [0.29, 0.717) is 12.8 Å². The van der Waals surface area contributed by atoms with Crippen LogP contribution in [0.4, 0.5) is 8.78 Å². The van der Waals surface area contributed by atoms with E-state index < -0.39 is 17.7 Å². The highest BCUT2D eigenvalue weighted by atomic mass is 19.1. The molecule has 5 heteroatoms. The van der Waals surface area contributed by atoms with Crippen molar-refractivity contribution in [3.8, 4) is 0 Å². The van der Waals surface area contributed by atoms with Gasteiger partial charge in [0.1, 0.15) is 11.6 Å². The Kier molecular flexibility index (Phi) is 2.87. The standard InChI is InChI=1S/C11H12F2N2O/c12-6-1-2-7(8(13)5-6)11-9(14)3-4-10(16)15-11/h1-2,5,9,11H,3-4,14H2,(H,15,16). The lowest BCUT2D eigenvalue weighted by Gasteiger charge is -2.30. The molecule has 3 nitrogen and oxygen atoms in total. The van der Waals surface area contributed by atoms with Crippen molar-refractivity contribution in [3.63, 3.8) is 0 Å². The zero-order valence-electron chi connectivity index (χ0n) is 8.54. The molecule has 0 spiro atoms. The number of nitrogens with two attached hydrogens (primary N) is 1.